The summed E-state index contributed by atoms with van der Waals surface area (Å²) in [7, 11) is 0. The van der Waals surface area contributed by atoms with Crippen molar-refractivity contribution in [1.82, 2.24) is 34.7 Å². The van der Waals surface area contributed by atoms with Crippen molar-refractivity contribution in [2.75, 3.05) is 5.32 Å². The molecular weight excluding hydrogens is 500 g/mol. The largest absolute Gasteiger partial charge is 0.353 e. The molecule has 0 radical (unpaired) electrons. The smallest absolute Gasteiger partial charge is 0.224 e. The Morgan fingerprint density at radius 1 is 1.02 bits per heavy atom. The first-order chi connectivity index (χ1) is 19.6. The van der Waals surface area contributed by atoms with Crippen molar-refractivity contribution in [3.05, 3.63) is 73.2 Å². The zero-order valence-corrected chi connectivity index (χ0v) is 22.3. The van der Waals surface area contributed by atoms with Crippen LogP contribution < -0.4 is 5.32 Å². The van der Waals surface area contributed by atoms with Crippen LogP contribution >= 0.6 is 0 Å². The zero-order valence-electron chi connectivity index (χ0n) is 22.3. The number of hydrogen-bond donors (Lipinski definition) is 3. The maximum Gasteiger partial charge on any atom is 0.224 e. The number of nitrogens with zero attached hydrogens (tertiary/aromatic N) is 5. The monoisotopic (exact) mass is 530 g/mol. The van der Waals surface area contributed by atoms with Crippen molar-refractivity contribution in [2.45, 2.75) is 45.4 Å². The SMILES string of the molecule is Cc1cn(-c2cccc3[nH]c(-c4[nH]nc5ncc(-c6cncc(NC(=O)CC7CCCCC7)c6)cc45)cc23)cn1. The van der Waals surface area contributed by atoms with E-state index in [1.165, 1.54) is 19.3 Å². The summed E-state index contributed by atoms with van der Waals surface area (Å²) in [5, 5.41) is 12.7. The van der Waals surface area contributed by atoms with Crippen LogP contribution in [0.3, 0.4) is 0 Å². The van der Waals surface area contributed by atoms with Crippen LogP contribution in [0.1, 0.15) is 44.2 Å². The van der Waals surface area contributed by atoms with Gasteiger partial charge in [-0.15, -0.1) is 0 Å². The minimum absolute atomic E-state index is 0.0561. The summed E-state index contributed by atoms with van der Waals surface area (Å²) in [6, 6.07) is 12.3. The van der Waals surface area contributed by atoms with Gasteiger partial charge < -0.3 is 14.9 Å². The summed E-state index contributed by atoms with van der Waals surface area (Å²) in [6.07, 6.45) is 15.7. The number of carbonyl (C=O) groups is 1. The van der Waals surface area contributed by atoms with Crippen LogP contribution in [-0.2, 0) is 4.79 Å². The number of aromatic amines is 2. The number of hydrogen-bond acceptors (Lipinski definition) is 5. The molecule has 5 heterocycles. The lowest BCUT2D eigenvalue weighted by molar-refractivity contribution is -0.117. The Morgan fingerprint density at radius 2 is 1.90 bits per heavy atom. The van der Waals surface area contributed by atoms with Gasteiger partial charge in [0.2, 0.25) is 5.91 Å². The maximum absolute atomic E-state index is 12.7. The summed E-state index contributed by atoms with van der Waals surface area (Å²) in [5.74, 6) is 0.543. The van der Waals surface area contributed by atoms with Gasteiger partial charge in [0, 0.05) is 52.4 Å². The van der Waals surface area contributed by atoms with Gasteiger partial charge in [-0.3, -0.25) is 14.9 Å². The van der Waals surface area contributed by atoms with Crippen molar-refractivity contribution < 1.29 is 4.79 Å². The zero-order chi connectivity index (χ0) is 27.1. The normalized spacial score (nSPS) is 14.2. The Hall–Kier alpha value is -4.79. The van der Waals surface area contributed by atoms with E-state index in [1.807, 2.05) is 36.1 Å². The number of pyridine rings is 2. The topological polar surface area (TPSA) is 117 Å². The van der Waals surface area contributed by atoms with Crippen LogP contribution in [-0.4, -0.2) is 40.6 Å². The van der Waals surface area contributed by atoms with E-state index in [0.29, 0.717) is 23.7 Å². The molecule has 1 aliphatic rings. The number of carbonyl (C=O) groups excluding carboxylic acids is 1. The number of imidazole rings is 1. The highest BCUT2D eigenvalue weighted by Crippen LogP contribution is 2.33. The third kappa shape index (κ3) is 4.64. The van der Waals surface area contributed by atoms with E-state index in [1.54, 1.807) is 18.6 Å². The van der Waals surface area contributed by atoms with E-state index in [-0.39, 0.29) is 5.91 Å². The van der Waals surface area contributed by atoms with E-state index in [4.69, 9.17) is 0 Å². The highest BCUT2D eigenvalue weighted by Gasteiger charge is 2.18. The molecule has 0 saturated heterocycles. The highest BCUT2D eigenvalue weighted by molar-refractivity contribution is 5.98. The molecule has 0 atom stereocenters. The molecule has 9 nitrogen and oxygen atoms in total. The third-order valence-electron chi connectivity index (χ3n) is 7.86. The van der Waals surface area contributed by atoms with Crippen LogP contribution in [0.2, 0.25) is 0 Å². The Balaban J connectivity index is 1.19. The van der Waals surface area contributed by atoms with Gasteiger partial charge in [0.15, 0.2) is 5.65 Å². The van der Waals surface area contributed by atoms with E-state index in [0.717, 1.165) is 63.0 Å². The van der Waals surface area contributed by atoms with Gasteiger partial charge in [0.25, 0.3) is 0 Å². The average molecular weight is 531 g/mol. The second kappa shape index (κ2) is 10.1. The summed E-state index contributed by atoms with van der Waals surface area (Å²) in [4.78, 5) is 29.6. The third-order valence-corrected chi connectivity index (χ3v) is 7.86. The van der Waals surface area contributed by atoms with Crippen molar-refractivity contribution in [2.24, 2.45) is 5.92 Å². The Morgan fingerprint density at radius 3 is 2.75 bits per heavy atom. The summed E-state index contributed by atoms with van der Waals surface area (Å²) in [6.45, 7) is 1.98. The number of H-pyrrole nitrogens is 2. The van der Waals surface area contributed by atoms with Gasteiger partial charge in [-0.1, -0.05) is 25.3 Å². The lowest BCUT2D eigenvalue weighted by atomic mass is 9.87. The fourth-order valence-electron chi connectivity index (χ4n) is 5.85. The highest BCUT2D eigenvalue weighted by atomic mass is 16.1. The molecule has 1 aromatic carbocycles. The first-order valence-electron chi connectivity index (χ1n) is 13.8. The van der Waals surface area contributed by atoms with Crippen molar-refractivity contribution >= 4 is 33.5 Å². The molecule has 40 heavy (non-hydrogen) atoms. The first-order valence-corrected chi connectivity index (χ1v) is 13.8. The van der Waals surface area contributed by atoms with Crippen LogP contribution in [0.15, 0.2) is 67.5 Å². The lowest BCUT2D eigenvalue weighted by Gasteiger charge is -2.20. The lowest BCUT2D eigenvalue weighted by Crippen LogP contribution is -2.18. The van der Waals surface area contributed by atoms with E-state index < -0.39 is 0 Å². The summed E-state index contributed by atoms with van der Waals surface area (Å²) >= 11 is 0. The number of fused-ring (bicyclic) bond motifs is 2. The standard InChI is InChI=1S/C31H30N8O/c1-19-17-39(18-34-19)28-9-5-8-26-24(28)13-27(36-26)30-25-12-22(15-33-31(25)38-37-30)21-11-23(16-32-14-21)35-29(40)10-20-6-3-2-4-7-20/h5,8-9,11-18,20,36H,2-4,6-7,10H2,1H3,(H,35,40)(H,33,37,38). The number of amides is 1. The minimum Gasteiger partial charge on any atom is -0.353 e. The second-order valence-corrected chi connectivity index (χ2v) is 10.8. The van der Waals surface area contributed by atoms with Gasteiger partial charge in [-0.25, -0.2) is 9.97 Å². The minimum atomic E-state index is 0.0561. The van der Waals surface area contributed by atoms with Crippen LogP contribution in [0.5, 0.6) is 0 Å². The molecule has 9 heteroatoms. The van der Waals surface area contributed by atoms with E-state index in [2.05, 4.69) is 59.7 Å². The average Bonchev–Trinajstić information content (AvgIpc) is 3.71. The number of nitrogens with one attached hydrogen (secondary N) is 3. The van der Waals surface area contributed by atoms with Crippen molar-refractivity contribution in [3.63, 3.8) is 0 Å². The molecular formula is C31H30N8O. The van der Waals surface area contributed by atoms with Crippen LogP contribution in [0, 0.1) is 12.8 Å². The molecule has 0 spiro atoms. The van der Waals surface area contributed by atoms with Gasteiger partial charge in [0.1, 0.15) is 0 Å². The number of rotatable bonds is 6. The predicted octanol–water partition coefficient (Wildman–Crippen LogP) is 6.57. The molecule has 0 unspecified atom stereocenters. The Kier molecular flexibility index (Phi) is 6.11. The summed E-state index contributed by atoms with van der Waals surface area (Å²) in [5.41, 5.74) is 7.93. The number of aromatic nitrogens is 7. The molecule has 0 bridgehead atoms. The molecule has 5 aromatic heterocycles. The molecule has 1 fully saturated rings. The van der Waals surface area contributed by atoms with Crippen LogP contribution in [0.25, 0.3) is 50.1 Å². The number of aryl methyl sites for hydroxylation is 1. The molecule has 200 valence electrons. The molecule has 7 rings (SSSR count). The molecule has 1 amide bonds. The molecule has 1 aliphatic carbocycles. The number of benzene rings is 1. The van der Waals surface area contributed by atoms with Gasteiger partial charge in [0.05, 0.1) is 41.0 Å². The van der Waals surface area contributed by atoms with Gasteiger partial charge >= 0.3 is 0 Å². The first kappa shape index (κ1) is 24.3. The number of anilines is 1. The Labute approximate surface area is 231 Å². The van der Waals surface area contributed by atoms with Crippen molar-refractivity contribution in [3.8, 4) is 28.2 Å². The van der Waals surface area contributed by atoms with Gasteiger partial charge in [-0.2, -0.15) is 5.10 Å². The maximum atomic E-state index is 12.7. The van der Waals surface area contributed by atoms with Crippen LogP contribution in [0.4, 0.5) is 5.69 Å². The van der Waals surface area contributed by atoms with Gasteiger partial charge in [-0.05, 0) is 56.0 Å². The molecule has 6 aromatic rings. The predicted molar refractivity (Wildman–Crippen MR) is 156 cm³/mol. The molecule has 3 N–H and O–H groups in total. The van der Waals surface area contributed by atoms with E-state index >= 15 is 0 Å². The summed E-state index contributed by atoms with van der Waals surface area (Å²) < 4.78 is 2.04. The molecule has 1 saturated carbocycles. The molecule has 0 aliphatic heterocycles. The van der Waals surface area contributed by atoms with Crippen molar-refractivity contribution in [1.29, 1.82) is 0 Å². The fourth-order valence-corrected chi connectivity index (χ4v) is 5.85. The second-order valence-electron chi connectivity index (χ2n) is 10.8. The Bertz CT molecular complexity index is 1840. The quantitative estimate of drug-likeness (QED) is 0.225. The van der Waals surface area contributed by atoms with E-state index in [9.17, 15) is 4.79 Å². The fraction of sp³-hybridized carbons (Fsp3) is 0.258.